The summed E-state index contributed by atoms with van der Waals surface area (Å²) < 4.78 is 0. The van der Waals surface area contributed by atoms with Crippen LogP contribution in [0.2, 0.25) is 0 Å². The Morgan fingerprint density at radius 2 is 0.725 bits per heavy atom. The standard InChI is InChI=1S/C40H32/c1-3-11-37-33(7-1)9-5-13-39(37)35-23-19-31(20-24-35)27-29-15-17-30(18-16-29)28-32-21-25-36(26-22-32)40-14-6-10-34-8-2-4-12-38(34)40/h1-14,19-28H,15-18H2. The Morgan fingerprint density at radius 3 is 1.15 bits per heavy atom. The maximum absolute atomic E-state index is 2.41. The molecule has 0 unspecified atom stereocenters. The smallest absolute Gasteiger partial charge is 0.0105 e. The maximum Gasteiger partial charge on any atom is -0.0105 e. The average Bonchev–Trinajstić information content (AvgIpc) is 3.02. The Hall–Kier alpha value is -4.68. The summed E-state index contributed by atoms with van der Waals surface area (Å²) in [6.07, 6.45) is 9.39. The molecule has 0 aliphatic heterocycles. The van der Waals surface area contributed by atoms with Crippen molar-refractivity contribution in [2.45, 2.75) is 25.7 Å². The van der Waals surface area contributed by atoms with E-state index in [4.69, 9.17) is 0 Å². The van der Waals surface area contributed by atoms with Crippen molar-refractivity contribution in [2.75, 3.05) is 0 Å². The van der Waals surface area contributed by atoms with Gasteiger partial charge in [-0.25, -0.2) is 0 Å². The highest BCUT2D eigenvalue weighted by atomic mass is 14.2. The van der Waals surface area contributed by atoms with E-state index < -0.39 is 0 Å². The van der Waals surface area contributed by atoms with Crippen molar-refractivity contribution in [1.82, 2.24) is 0 Å². The minimum absolute atomic E-state index is 1.14. The molecule has 7 rings (SSSR count). The van der Waals surface area contributed by atoms with Crippen molar-refractivity contribution in [2.24, 2.45) is 0 Å². The highest BCUT2D eigenvalue weighted by Crippen LogP contribution is 2.33. The van der Waals surface area contributed by atoms with Crippen LogP contribution in [-0.2, 0) is 0 Å². The Balaban J connectivity index is 1.02. The molecule has 0 bridgehead atoms. The molecule has 1 saturated carbocycles. The first-order valence-corrected chi connectivity index (χ1v) is 14.4. The van der Waals surface area contributed by atoms with Gasteiger partial charge in [-0.05, 0) is 80.6 Å². The average molecular weight is 513 g/mol. The van der Waals surface area contributed by atoms with Gasteiger partial charge in [-0.2, -0.15) is 0 Å². The van der Waals surface area contributed by atoms with Crippen molar-refractivity contribution in [3.63, 3.8) is 0 Å². The van der Waals surface area contributed by atoms with E-state index >= 15 is 0 Å². The molecule has 0 heteroatoms. The second-order valence-electron chi connectivity index (χ2n) is 10.9. The first kappa shape index (κ1) is 24.4. The van der Waals surface area contributed by atoms with E-state index in [2.05, 4.69) is 146 Å². The molecule has 6 aromatic carbocycles. The molecule has 0 amide bonds. The van der Waals surface area contributed by atoms with Gasteiger partial charge in [-0.15, -0.1) is 0 Å². The molecule has 192 valence electrons. The zero-order chi connectivity index (χ0) is 26.7. The molecule has 0 atom stereocenters. The topological polar surface area (TPSA) is 0 Å². The lowest BCUT2D eigenvalue weighted by Gasteiger charge is -2.18. The van der Waals surface area contributed by atoms with Crippen LogP contribution in [0.5, 0.6) is 0 Å². The molecule has 6 aromatic rings. The number of fused-ring (bicyclic) bond motifs is 2. The Kier molecular flexibility index (Phi) is 6.60. The first-order chi connectivity index (χ1) is 19.8. The summed E-state index contributed by atoms with van der Waals surface area (Å²) in [5, 5.41) is 5.20. The second kappa shape index (κ2) is 10.8. The Morgan fingerprint density at radius 1 is 0.350 bits per heavy atom. The Labute approximate surface area is 237 Å². The summed E-state index contributed by atoms with van der Waals surface area (Å²) >= 11 is 0. The van der Waals surface area contributed by atoms with Crippen LogP contribution in [0, 0.1) is 0 Å². The third-order valence-electron chi connectivity index (χ3n) is 8.30. The fourth-order valence-corrected chi connectivity index (χ4v) is 6.12. The fourth-order valence-electron chi connectivity index (χ4n) is 6.12. The minimum atomic E-state index is 1.14. The molecule has 1 aliphatic rings. The van der Waals surface area contributed by atoms with Crippen LogP contribution in [0.15, 0.2) is 145 Å². The van der Waals surface area contributed by atoms with E-state index in [0.29, 0.717) is 0 Å². The highest BCUT2D eigenvalue weighted by molar-refractivity contribution is 5.97. The SMILES string of the molecule is C(=C1CCC(=Cc2ccc(-c3cccc4ccccc34)cc2)CC1)c1ccc(-c2cccc3ccccc23)cc1. The summed E-state index contributed by atoms with van der Waals surface area (Å²) in [6.45, 7) is 0. The summed E-state index contributed by atoms with van der Waals surface area (Å²) in [7, 11) is 0. The maximum atomic E-state index is 2.41. The fraction of sp³-hybridized carbons (Fsp3) is 0.100. The van der Waals surface area contributed by atoms with Gasteiger partial charge in [-0.3, -0.25) is 0 Å². The van der Waals surface area contributed by atoms with Crippen molar-refractivity contribution in [3.05, 3.63) is 156 Å². The van der Waals surface area contributed by atoms with Gasteiger partial charge in [0.25, 0.3) is 0 Å². The van der Waals surface area contributed by atoms with Crippen LogP contribution in [-0.4, -0.2) is 0 Å². The third kappa shape index (κ3) is 5.01. The van der Waals surface area contributed by atoms with Crippen LogP contribution >= 0.6 is 0 Å². The quantitative estimate of drug-likeness (QED) is 0.220. The highest BCUT2D eigenvalue weighted by Gasteiger charge is 2.11. The van der Waals surface area contributed by atoms with E-state index in [1.165, 1.54) is 54.9 Å². The summed E-state index contributed by atoms with van der Waals surface area (Å²) in [4.78, 5) is 0. The van der Waals surface area contributed by atoms with E-state index in [1.807, 2.05) is 0 Å². The lowest BCUT2D eigenvalue weighted by Crippen LogP contribution is -1.97. The van der Waals surface area contributed by atoms with Crippen LogP contribution < -0.4 is 0 Å². The van der Waals surface area contributed by atoms with Crippen LogP contribution in [0.3, 0.4) is 0 Å². The molecule has 40 heavy (non-hydrogen) atoms. The van der Waals surface area contributed by atoms with Crippen LogP contribution in [0.1, 0.15) is 36.8 Å². The molecule has 1 fully saturated rings. The molecule has 0 aromatic heterocycles. The molecule has 0 heterocycles. The second-order valence-corrected chi connectivity index (χ2v) is 10.9. The van der Waals surface area contributed by atoms with Gasteiger partial charge >= 0.3 is 0 Å². The number of benzene rings is 6. The molecule has 0 saturated heterocycles. The first-order valence-electron chi connectivity index (χ1n) is 14.4. The largest absolute Gasteiger partial charge is 0.0690 e. The molecule has 0 spiro atoms. The number of allylic oxidation sites excluding steroid dienone is 2. The molecular weight excluding hydrogens is 480 g/mol. The van der Waals surface area contributed by atoms with E-state index in [9.17, 15) is 0 Å². The third-order valence-corrected chi connectivity index (χ3v) is 8.30. The van der Waals surface area contributed by atoms with Crippen LogP contribution in [0.4, 0.5) is 0 Å². The minimum Gasteiger partial charge on any atom is -0.0690 e. The molecular formula is C40H32. The van der Waals surface area contributed by atoms with Crippen LogP contribution in [0.25, 0.3) is 56.0 Å². The molecule has 0 nitrogen and oxygen atoms in total. The van der Waals surface area contributed by atoms with E-state index in [-0.39, 0.29) is 0 Å². The van der Waals surface area contributed by atoms with Gasteiger partial charge < -0.3 is 0 Å². The van der Waals surface area contributed by atoms with Crippen molar-refractivity contribution in [1.29, 1.82) is 0 Å². The van der Waals surface area contributed by atoms with E-state index in [0.717, 1.165) is 25.7 Å². The van der Waals surface area contributed by atoms with E-state index in [1.54, 1.807) is 11.1 Å². The van der Waals surface area contributed by atoms with Gasteiger partial charge in [0.15, 0.2) is 0 Å². The number of hydrogen-bond donors (Lipinski definition) is 0. The number of rotatable bonds is 4. The summed E-state index contributed by atoms with van der Waals surface area (Å²) in [5.74, 6) is 0. The molecule has 1 aliphatic carbocycles. The van der Waals surface area contributed by atoms with Gasteiger partial charge in [0.1, 0.15) is 0 Å². The normalized spacial score (nSPS) is 13.5. The summed E-state index contributed by atoms with van der Waals surface area (Å²) in [5.41, 5.74) is 10.9. The van der Waals surface area contributed by atoms with Gasteiger partial charge in [0.05, 0.1) is 0 Å². The Bertz CT molecular complexity index is 1700. The lowest BCUT2D eigenvalue weighted by molar-refractivity contribution is 0.739. The summed E-state index contributed by atoms with van der Waals surface area (Å²) in [6, 6.07) is 48.5. The van der Waals surface area contributed by atoms with Crippen molar-refractivity contribution < 1.29 is 0 Å². The number of hydrogen-bond acceptors (Lipinski definition) is 0. The van der Waals surface area contributed by atoms with Gasteiger partial charge in [-0.1, -0.05) is 157 Å². The molecule has 0 N–H and O–H groups in total. The zero-order valence-electron chi connectivity index (χ0n) is 22.7. The van der Waals surface area contributed by atoms with Crippen molar-refractivity contribution in [3.8, 4) is 22.3 Å². The van der Waals surface area contributed by atoms with Gasteiger partial charge in [0, 0.05) is 0 Å². The lowest BCUT2D eigenvalue weighted by atomic mass is 9.88. The van der Waals surface area contributed by atoms with Gasteiger partial charge in [0.2, 0.25) is 0 Å². The monoisotopic (exact) mass is 512 g/mol. The van der Waals surface area contributed by atoms with Crippen molar-refractivity contribution >= 4 is 33.7 Å². The zero-order valence-corrected chi connectivity index (χ0v) is 22.7. The predicted molar refractivity (Wildman–Crippen MR) is 173 cm³/mol. The predicted octanol–water partition coefficient (Wildman–Crippen LogP) is 11.4. The molecule has 0 radical (unpaired) electrons.